The van der Waals surface area contributed by atoms with Gasteiger partial charge in [0.25, 0.3) is 0 Å². The molecular weight excluding hydrogens is 244 g/mol. The highest BCUT2D eigenvalue weighted by Gasteiger charge is 2.09. The monoisotopic (exact) mass is 258 g/mol. The van der Waals surface area contributed by atoms with Gasteiger partial charge in [-0.1, -0.05) is 0 Å². The first-order chi connectivity index (χ1) is 8.17. The van der Waals surface area contributed by atoms with Gasteiger partial charge < -0.3 is 20.1 Å². The van der Waals surface area contributed by atoms with Crippen molar-refractivity contribution in [3.8, 4) is 0 Å². The number of carbonyl (C=O) groups excluding carboxylic acids is 1. The van der Waals surface area contributed by atoms with Crippen LogP contribution in [0, 0.1) is 0 Å². The fourth-order valence-corrected chi connectivity index (χ4v) is 1.14. The number of aromatic amines is 1. The number of carbonyl (C=O) groups is 1. The van der Waals surface area contributed by atoms with E-state index in [0.29, 0.717) is 24.3 Å². The lowest BCUT2D eigenvalue weighted by atomic mass is 10.4. The predicted molar refractivity (Wildman–Crippen MR) is 65.8 cm³/mol. The number of ether oxygens (including phenoxy) is 2. The average molecular weight is 258 g/mol. The van der Waals surface area contributed by atoms with Crippen LogP contribution in [0.1, 0.15) is 17.4 Å². The molecule has 1 rings (SSSR count). The molecule has 7 nitrogen and oxygen atoms in total. The van der Waals surface area contributed by atoms with Crippen molar-refractivity contribution in [2.75, 3.05) is 25.8 Å². The molecule has 0 saturated heterocycles. The summed E-state index contributed by atoms with van der Waals surface area (Å²) in [4.78, 5) is 11.1. The minimum atomic E-state index is -0.487. The molecule has 1 heterocycles. The molecule has 0 atom stereocenters. The summed E-state index contributed by atoms with van der Waals surface area (Å²) in [7, 11) is 1.30. The summed E-state index contributed by atoms with van der Waals surface area (Å²) >= 11 is 4.98. The Morgan fingerprint density at radius 3 is 3.06 bits per heavy atom. The van der Waals surface area contributed by atoms with Gasteiger partial charge in [0.05, 0.1) is 7.11 Å². The fraction of sp³-hybridized carbons (Fsp3) is 0.444. The normalized spacial score (nSPS) is 9.76. The quantitative estimate of drug-likeness (QED) is 0.306. The summed E-state index contributed by atoms with van der Waals surface area (Å²) in [6.07, 6.45) is 0. The number of nitrogens with zero attached hydrogens (tertiary/aromatic N) is 1. The van der Waals surface area contributed by atoms with Crippen LogP contribution in [0.4, 0.5) is 5.82 Å². The van der Waals surface area contributed by atoms with Crippen molar-refractivity contribution in [2.24, 2.45) is 0 Å². The molecule has 1 aromatic heterocycles. The zero-order chi connectivity index (χ0) is 12.7. The number of aromatic nitrogens is 2. The molecule has 17 heavy (non-hydrogen) atoms. The summed E-state index contributed by atoms with van der Waals surface area (Å²) in [5.41, 5.74) is 0.252. The molecule has 0 radical (unpaired) electrons. The Morgan fingerprint density at radius 1 is 1.65 bits per heavy atom. The Kier molecular flexibility index (Phi) is 5.37. The maximum absolute atomic E-state index is 11.1. The van der Waals surface area contributed by atoms with Crippen LogP contribution in [0.5, 0.6) is 0 Å². The molecule has 0 aliphatic heterocycles. The lowest BCUT2D eigenvalue weighted by Crippen LogP contribution is -2.30. The third-order valence-electron chi connectivity index (χ3n) is 1.76. The van der Waals surface area contributed by atoms with Crippen LogP contribution in [0.3, 0.4) is 0 Å². The van der Waals surface area contributed by atoms with E-state index in [1.54, 1.807) is 0 Å². The van der Waals surface area contributed by atoms with Crippen molar-refractivity contribution in [2.45, 2.75) is 6.92 Å². The lowest BCUT2D eigenvalue weighted by Gasteiger charge is -2.07. The third kappa shape index (κ3) is 4.37. The molecule has 0 aliphatic rings. The van der Waals surface area contributed by atoms with Gasteiger partial charge in [0.1, 0.15) is 12.4 Å². The van der Waals surface area contributed by atoms with E-state index >= 15 is 0 Å². The van der Waals surface area contributed by atoms with Crippen molar-refractivity contribution in [3.05, 3.63) is 11.8 Å². The van der Waals surface area contributed by atoms with Crippen LogP contribution in [0.15, 0.2) is 6.07 Å². The smallest absolute Gasteiger partial charge is 0.356 e. The van der Waals surface area contributed by atoms with E-state index in [9.17, 15) is 4.79 Å². The highest BCUT2D eigenvalue weighted by atomic mass is 32.1. The number of esters is 1. The van der Waals surface area contributed by atoms with Crippen molar-refractivity contribution >= 4 is 29.1 Å². The van der Waals surface area contributed by atoms with E-state index in [1.165, 1.54) is 13.2 Å². The molecule has 1 aromatic rings. The molecule has 8 heteroatoms. The first-order valence-corrected chi connectivity index (χ1v) is 5.34. The van der Waals surface area contributed by atoms with E-state index in [4.69, 9.17) is 17.0 Å². The zero-order valence-electron chi connectivity index (χ0n) is 9.57. The van der Waals surface area contributed by atoms with Gasteiger partial charge in [0.2, 0.25) is 0 Å². The molecule has 0 spiro atoms. The van der Waals surface area contributed by atoms with Crippen LogP contribution in [-0.4, -0.2) is 41.7 Å². The average Bonchev–Trinajstić information content (AvgIpc) is 2.77. The third-order valence-corrected chi connectivity index (χ3v) is 2.01. The summed E-state index contributed by atoms with van der Waals surface area (Å²) in [5, 5.41) is 12.3. The maximum Gasteiger partial charge on any atom is 0.356 e. The standard InChI is InChI=1S/C9H14N4O3S/c1-3-16-5-10-9(17)11-7-4-6(12-13-7)8(14)15-2/h4H,3,5H2,1-2H3,(H3,10,11,12,13,17). The second kappa shape index (κ2) is 6.81. The molecule has 0 aromatic carbocycles. The maximum atomic E-state index is 11.1. The van der Waals surface area contributed by atoms with Gasteiger partial charge in [-0.2, -0.15) is 5.10 Å². The summed E-state index contributed by atoms with van der Waals surface area (Å²) < 4.78 is 9.59. The molecule has 0 fully saturated rings. The van der Waals surface area contributed by atoms with Crippen molar-refractivity contribution in [3.63, 3.8) is 0 Å². The first-order valence-electron chi connectivity index (χ1n) is 4.93. The Bertz CT molecular complexity index is 393. The number of anilines is 1. The van der Waals surface area contributed by atoms with Crippen LogP contribution in [0.2, 0.25) is 0 Å². The number of thiocarbonyl (C=S) groups is 1. The van der Waals surface area contributed by atoms with Crippen molar-refractivity contribution in [1.29, 1.82) is 0 Å². The Labute approximate surface area is 104 Å². The summed E-state index contributed by atoms with van der Waals surface area (Å²) in [5.74, 6) is -0.0573. The molecule has 0 amide bonds. The summed E-state index contributed by atoms with van der Waals surface area (Å²) in [6, 6.07) is 1.50. The van der Waals surface area contributed by atoms with Gasteiger partial charge in [-0.25, -0.2) is 4.79 Å². The Balaban J connectivity index is 2.43. The second-order valence-corrected chi connectivity index (χ2v) is 3.33. The number of nitrogens with one attached hydrogen (secondary N) is 3. The lowest BCUT2D eigenvalue weighted by molar-refractivity contribution is 0.0594. The highest BCUT2D eigenvalue weighted by Crippen LogP contribution is 2.05. The number of methoxy groups -OCH3 is 1. The van der Waals surface area contributed by atoms with Crippen molar-refractivity contribution < 1.29 is 14.3 Å². The summed E-state index contributed by atoms with van der Waals surface area (Å²) in [6.45, 7) is 2.80. The first kappa shape index (κ1) is 13.4. The number of hydrogen-bond acceptors (Lipinski definition) is 5. The van der Waals surface area contributed by atoms with E-state index < -0.39 is 5.97 Å². The van der Waals surface area contributed by atoms with Gasteiger partial charge >= 0.3 is 5.97 Å². The van der Waals surface area contributed by atoms with E-state index in [-0.39, 0.29) is 5.69 Å². The van der Waals surface area contributed by atoms with Gasteiger partial charge in [-0.3, -0.25) is 5.10 Å². The van der Waals surface area contributed by atoms with E-state index in [2.05, 4.69) is 25.6 Å². The largest absolute Gasteiger partial charge is 0.464 e. The molecule has 94 valence electrons. The minimum absolute atomic E-state index is 0.252. The van der Waals surface area contributed by atoms with Crippen LogP contribution in [-0.2, 0) is 9.47 Å². The fourth-order valence-electron chi connectivity index (χ4n) is 0.979. The number of hydrogen-bond donors (Lipinski definition) is 3. The molecule has 0 unspecified atom stereocenters. The molecular formula is C9H14N4O3S. The van der Waals surface area contributed by atoms with E-state index in [1.807, 2.05) is 6.92 Å². The Morgan fingerprint density at radius 2 is 2.41 bits per heavy atom. The molecule has 0 saturated carbocycles. The Hall–Kier alpha value is -1.67. The number of rotatable bonds is 5. The minimum Gasteiger partial charge on any atom is -0.464 e. The zero-order valence-corrected chi connectivity index (χ0v) is 10.4. The second-order valence-electron chi connectivity index (χ2n) is 2.93. The molecule has 0 bridgehead atoms. The van der Waals surface area contributed by atoms with Crippen LogP contribution < -0.4 is 10.6 Å². The molecule has 3 N–H and O–H groups in total. The highest BCUT2D eigenvalue weighted by molar-refractivity contribution is 7.80. The van der Waals surface area contributed by atoms with Gasteiger partial charge in [0, 0.05) is 12.7 Å². The SMILES string of the molecule is CCOCNC(=S)Nc1cc(C(=O)OC)[nH]n1. The van der Waals surface area contributed by atoms with Gasteiger partial charge in [-0.15, -0.1) is 0 Å². The topological polar surface area (TPSA) is 88.3 Å². The van der Waals surface area contributed by atoms with Crippen LogP contribution in [0.25, 0.3) is 0 Å². The van der Waals surface area contributed by atoms with Crippen LogP contribution >= 0.6 is 12.2 Å². The predicted octanol–water partition coefficient (Wildman–Crippen LogP) is 0.477. The number of H-pyrrole nitrogens is 1. The molecule has 0 aliphatic carbocycles. The van der Waals surface area contributed by atoms with Gasteiger partial charge in [0.15, 0.2) is 10.9 Å². The van der Waals surface area contributed by atoms with Crippen molar-refractivity contribution in [1.82, 2.24) is 15.5 Å². The van der Waals surface area contributed by atoms with Gasteiger partial charge in [-0.05, 0) is 19.1 Å². The van der Waals surface area contributed by atoms with E-state index in [0.717, 1.165) is 0 Å².